The van der Waals surface area contributed by atoms with E-state index in [4.69, 9.17) is 21.6 Å². The molecule has 32 heavy (non-hydrogen) atoms. The largest absolute Gasteiger partial charge is 0.353 e. The lowest BCUT2D eigenvalue weighted by Gasteiger charge is -2.36. The van der Waals surface area contributed by atoms with E-state index in [0.29, 0.717) is 19.0 Å². The second kappa shape index (κ2) is 9.20. The van der Waals surface area contributed by atoms with Gasteiger partial charge in [-0.2, -0.15) is 0 Å². The van der Waals surface area contributed by atoms with Gasteiger partial charge in [0.25, 0.3) is 5.91 Å². The third-order valence-corrected chi connectivity index (χ3v) is 7.33. The first-order chi connectivity index (χ1) is 15.6. The van der Waals surface area contributed by atoms with E-state index in [9.17, 15) is 4.79 Å². The third kappa shape index (κ3) is 4.52. The second-order valence-electron chi connectivity index (χ2n) is 8.52. The van der Waals surface area contributed by atoms with Crippen molar-refractivity contribution in [3.05, 3.63) is 74.3 Å². The summed E-state index contributed by atoms with van der Waals surface area (Å²) in [7, 11) is 0. The van der Waals surface area contributed by atoms with Crippen molar-refractivity contribution in [1.29, 1.82) is 0 Å². The summed E-state index contributed by atoms with van der Waals surface area (Å²) in [5.41, 5.74) is 3.49. The predicted molar refractivity (Wildman–Crippen MR) is 130 cm³/mol. The summed E-state index contributed by atoms with van der Waals surface area (Å²) in [5, 5.41) is 2.70. The van der Waals surface area contributed by atoms with E-state index in [1.54, 1.807) is 0 Å². The topological polar surface area (TPSA) is 49.3 Å². The van der Waals surface area contributed by atoms with Crippen molar-refractivity contribution in [3.8, 4) is 0 Å². The van der Waals surface area contributed by atoms with Gasteiger partial charge in [0.2, 0.25) is 0 Å². The van der Waals surface area contributed by atoms with Crippen LogP contribution >= 0.6 is 22.9 Å². The molecule has 1 aromatic carbocycles. The Morgan fingerprint density at radius 3 is 2.59 bits per heavy atom. The number of anilines is 1. The fourth-order valence-electron chi connectivity index (χ4n) is 4.32. The summed E-state index contributed by atoms with van der Waals surface area (Å²) < 4.78 is 0. The Bertz CT molecular complexity index is 1110. The summed E-state index contributed by atoms with van der Waals surface area (Å²) in [6.45, 7) is 5.14. The van der Waals surface area contributed by atoms with Gasteiger partial charge in [0, 0.05) is 54.8 Å². The van der Waals surface area contributed by atoms with Gasteiger partial charge in [0.15, 0.2) is 0 Å². The molecule has 5 rings (SSSR count). The molecule has 0 N–H and O–H groups in total. The van der Waals surface area contributed by atoms with Gasteiger partial charge in [0.05, 0.1) is 4.88 Å². The number of benzene rings is 1. The third-order valence-electron chi connectivity index (χ3n) is 6.23. The quantitative estimate of drug-likeness (QED) is 0.502. The smallest absolute Gasteiger partial charge is 0.264 e. The van der Waals surface area contributed by atoms with Crippen molar-refractivity contribution in [2.24, 2.45) is 0 Å². The lowest BCUT2D eigenvalue weighted by atomic mass is 10.0. The van der Waals surface area contributed by atoms with Crippen LogP contribution in [0.3, 0.4) is 0 Å². The van der Waals surface area contributed by atoms with E-state index >= 15 is 0 Å². The highest BCUT2D eigenvalue weighted by atomic mass is 35.5. The van der Waals surface area contributed by atoms with Crippen LogP contribution in [-0.4, -0.2) is 47.0 Å². The lowest BCUT2D eigenvalue weighted by Crippen LogP contribution is -2.49. The lowest BCUT2D eigenvalue weighted by molar-refractivity contribution is 0.0751. The molecule has 1 saturated heterocycles. The molecular formula is C25H27ClN4OS. The summed E-state index contributed by atoms with van der Waals surface area (Å²) in [4.78, 5) is 28.0. The van der Waals surface area contributed by atoms with Crippen molar-refractivity contribution in [3.63, 3.8) is 0 Å². The number of thiophene rings is 1. The molecule has 2 aliphatic rings. The Balaban J connectivity index is 1.43. The van der Waals surface area contributed by atoms with Gasteiger partial charge >= 0.3 is 0 Å². The molecule has 2 aromatic heterocycles. The fraction of sp³-hybridized carbons (Fsp3) is 0.400. The number of carbonyl (C=O) groups is 1. The van der Waals surface area contributed by atoms with Crippen molar-refractivity contribution in [1.82, 2.24) is 14.9 Å². The molecule has 0 spiro atoms. The monoisotopic (exact) mass is 466 g/mol. The van der Waals surface area contributed by atoms with Gasteiger partial charge in [-0.1, -0.05) is 36.7 Å². The van der Waals surface area contributed by atoms with Gasteiger partial charge in [0.1, 0.15) is 11.6 Å². The highest BCUT2D eigenvalue weighted by Crippen LogP contribution is 2.40. The summed E-state index contributed by atoms with van der Waals surface area (Å²) >= 11 is 7.77. The number of hydrogen-bond donors (Lipinski definition) is 0. The minimum atomic E-state index is 0.134. The zero-order valence-electron chi connectivity index (χ0n) is 18.3. The predicted octanol–water partition coefficient (Wildman–Crippen LogP) is 5.18. The van der Waals surface area contributed by atoms with Crippen molar-refractivity contribution in [2.45, 2.75) is 38.5 Å². The van der Waals surface area contributed by atoms with E-state index in [2.05, 4.69) is 17.9 Å². The molecule has 0 bridgehead atoms. The molecule has 1 amide bonds. The number of nitrogens with zero attached hydrogens (tertiary/aromatic N) is 4. The second-order valence-corrected chi connectivity index (χ2v) is 9.91. The van der Waals surface area contributed by atoms with Crippen molar-refractivity contribution < 1.29 is 4.79 Å². The molecule has 5 nitrogen and oxygen atoms in total. The van der Waals surface area contributed by atoms with Crippen LogP contribution in [0.2, 0.25) is 5.02 Å². The van der Waals surface area contributed by atoms with Crippen LogP contribution in [0.1, 0.15) is 58.0 Å². The number of carbonyl (C=O) groups excluding carboxylic acids is 1. The van der Waals surface area contributed by atoms with Gasteiger partial charge in [-0.05, 0) is 48.4 Å². The molecule has 1 aliphatic carbocycles. The van der Waals surface area contributed by atoms with Gasteiger partial charge in [-0.15, -0.1) is 11.3 Å². The van der Waals surface area contributed by atoms with Gasteiger partial charge < -0.3 is 9.80 Å². The molecule has 0 unspecified atom stereocenters. The molecule has 0 radical (unpaired) electrons. The highest BCUT2D eigenvalue weighted by Gasteiger charge is 2.31. The van der Waals surface area contributed by atoms with Gasteiger partial charge in [-0.25, -0.2) is 9.97 Å². The molecule has 1 saturated carbocycles. The molecule has 3 aromatic rings. The Morgan fingerprint density at radius 2 is 1.94 bits per heavy atom. The molecular weight excluding hydrogens is 440 g/mol. The van der Waals surface area contributed by atoms with Gasteiger partial charge in [-0.3, -0.25) is 4.79 Å². The molecule has 2 fully saturated rings. The Labute approximate surface area is 198 Å². The van der Waals surface area contributed by atoms with Crippen LogP contribution in [0.5, 0.6) is 0 Å². The number of aryl methyl sites for hydroxylation is 1. The Hall–Kier alpha value is -2.44. The molecule has 166 valence electrons. The number of rotatable bonds is 6. The fourth-order valence-corrected chi connectivity index (χ4v) is 5.23. The van der Waals surface area contributed by atoms with Crippen molar-refractivity contribution in [2.75, 3.05) is 31.1 Å². The molecule has 7 heteroatoms. The number of amides is 1. The SMILES string of the molecule is CCc1nc(C2CC2)nc(N2CCN(C(=O)c3cccs3)CC2)c1Cc1cccc(Cl)c1. The maximum atomic E-state index is 12.8. The first-order valence-corrected chi connectivity index (χ1v) is 12.6. The zero-order chi connectivity index (χ0) is 22.1. The molecule has 1 aliphatic heterocycles. The zero-order valence-corrected chi connectivity index (χ0v) is 19.8. The normalized spacial score (nSPS) is 16.4. The standard InChI is InChI=1S/C25H27ClN4OS/c1-2-21-20(16-17-5-3-6-19(26)15-17)24(28-23(27-21)18-8-9-18)29-10-12-30(13-11-29)25(31)22-7-4-14-32-22/h3-7,14-15,18H,2,8-13,16H2,1H3. The summed E-state index contributed by atoms with van der Waals surface area (Å²) in [5.74, 6) is 2.67. The van der Waals surface area contributed by atoms with Crippen LogP contribution in [0, 0.1) is 0 Å². The van der Waals surface area contributed by atoms with Crippen LogP contribution in [-0.2, 0) is 12.8 Å². The number of hydrogen-bond acceptors (Lipinski definition) is 5. The Morgan fingerprint density at radius 1 is 1.12 bits per heavy atom. The van der Waals surface area contributed by atoms with Crippen molar-refractivity contribution >= 4 is 34.7 Å². The maximum Gasteiger partial charge on any atom is 0.264 e. The summed E-state index contributed by atoms with van der Waals surface area (Å²) in [6, 6.07) is 11.9. The first kappa shape index (κ1) is 21.4. The molecule has 3 heterocycles. The van der Waals surface area contributed by atoms with Crippen LogP contribution in [0.15, 0.2) is 41.8 Å². The van der Waals surface area contributed by atoms with Crippen LogP contribution < -0.4 is 4.90 Å². The van der Waals surface area contributed by atoms with E-state index in [1.165, 1.54) is 35.3 Å². The summed E-state index contributed by atoms with van der Waals surface area (Å²) in [6.07, 6.45) is 4.00. The number of piperazine rings is 1. The van der Waals surface area contributed by atoms with E-state index in [1.807, 2.05) is 40.6 Å². The highest BCUT2D eigenvalue weighted by molar-refractivity contribution is 7.12. The van der Waals surface area contributed by atoms with E-state index in [-0.39, 0.29) is 5.91 Å². The van der Waals surface area contributed by atoms with Crippen LogP contribution in [0.25, 0.3) is 0 Å². The van der Waals surface area contributed by atoms with E-state index in [0.717, 1.165) is 53.2 Å². The maximum absolute atomic E-state index is 12.8. The average molecular weight is 467 g/mol. The van der Waals surface area contributed by atoms with E-state index < -0.39 is 0 Å². The van der Waals surface area contributed by atoms with Crippen LogP contribution in [0.4, 0.5) is 5.82 Å². The first-order valence-electron chi connectivity index (χ1n) is 11.3. The minimum absolute atomic E-state index is 0.134. The molecule has 0 atom stereocenters. The average Bonchev–Trinajstić information content (AvgIpc) is 3.52. The Kier molecular flexibility index (Phi) is 6.15. The minimum Gasteiger partial charge on any atom is -0.353 e. The number of halogens is 1. The number of aromatic nitrogens is 2.